The van der Waals surface area contributed by atoms with Crippen molar-refractivity contribution in [3.05, 3.63) is 23.1 Å². The van der Waals surface area contributed by atoms with Crippen molar-refractivity contribution in [2.75, 3.05) is 11.1 Å². The summed E-state index contributed by atoms with van der Waals surface area (Å²) in [4.78, 5) is 14.7. The van der Waals surface area contributed by atoms with Crippen molar-refractivity contribution in [1.29, 1.82) is 0 Å². The molecule has 3 aromatic rings. The molecule has 8 heteroatoms. The van der Waals surface area contributed by atoms with Crippen LogP contribution in [0, 0.1) is 6.92 Å². The lowest BCUT2D eigenvalue weighted by molar-refractivity contribution is 0.747. The normalized spacial score (nSPS) is 11.1. The van der Waals surface area contributed by atoms with Gasteiger partial charge in [-0.25, -0.2) is 9.97 Å². The molecule has 7 nitrogen and oxygen atoms in total. The number of aromatic nitrogens is 5. The molecule has 0 fully saturated rings. The number of nitrogens with two attached hydrogens (primary N) is 1. The summed E-state index contributed by atoms with van der Waals surface area (Å²) < 4.78 is 1.66. The molecule has 0 radical (unpaired) electrons. The van der Waals surface area contributed by atoms with Crippen molar-refractivity contribution in [3.8, 4) is 0 Å². The van der Waals surface area contributed by atoms with Gasteiger partial charge in [0.15, 0.2) is 5.82 Å². The second kappa shape index (κ2) is 4.47. The van der Waals surface area contributed by atoms with E-state index < -0.39 is 0 Å². The van der Waals surface area contributed by atoms with E-state index in [0.29, 0.717) is 12.4 Å². The summed E-state index contributed by atoms with van der Waals surface area (Å²) >= 11 is 1.60. The van der Waals surface area contributed by atoms with E-state index in [2.05, 4.69) is 25.4 Å². The van der Waals surface area contributed by atoms with Crippen molar-refractivity contribution in [1.82, 2.24) is 24.7 Å². The van der Waals surface area contributed by atoms with Gasteiger partial charge < -0.3 is 11.1 Å². The SMILES string of the molecule is Cc1cc2c(NCc3ncn(C)n3)nc(N)nc2s1. The Balaban J connectivity index is 1.91. The number of hydrogen-bond acceptors (Lipinski definition) is 7. The molecule has 0 saturated carbocycles. The topological polar surface area (TPSA) is 94.5 Å². The van der Waals surface area contributed by atoms with Gasteiger partial charge in [0.25, 0.3) is 0 Å². The van der Waals surface area contributed by atoms with Gasteiger partial charge in [-0.05, 0) is 13.0 Å². The lowest BCUT2D eigenvalue weighted by Gasteiger charge is -2.05. The minimum atomic E-state index is 0.269. The Labute approximate surface area is 113 Å². The van der Waals surface area contributed by atoms with Crippen LogP contribution >= 0.6 is 11.3 Å². The minimum Gasteiger partial charge on any atom is -0.368 e. The Kier molecular flexibility index (Phi) is 2.79. The van der Waals surface area contributed by atoms with E-state index in [-0.39, 0.29) is 5.95 Å². The number of nitrogens with one attached hydrogen (secondary N) is 1. The first kappa shape index (κ1) is 11.8. The molecule has 0 atom stereocenters. The van der Waals surface area contributed by atoms with E-state index in [1.807, 2.05) is 20.0 Å². The Morgan fingerprint density at radius 3 is 3.00 bits per heavy atom. The van der Waals surface area contributed by atoms with E-state index in [0.717, 1.165) is 16.0 Å². The molecule has 3 aromatic heterocycles. The van der Waals surface area contributed by atoms with Crippen LogP contribution in [0.3, 0.4) is 0 Å². The number of hydrogen-bond donors (Lipinski definition) is 2. The van der Waals surface area contributed by atoms with Gasteiger partial charge in [-0.1, -0.05) is 0 Å². The van der Waals surface area contributed by atoms with E-state index in [4.69, 9.17) is 5.73 Å². The summed E-state index contributed by atoms with van der Waals surface area (Å²) in [6, 6.07) is 2.05. The van der Waals surface area contributed by atoms with Crippen LogP contribution in [-0.2, 0) is 13.6 Å². The molecule has 19 heavy (non-hydrogen) atoms. The van der Waals surface area contributed by atoms with Gasteiger partial charge in [0, 0.05) is 11.9 Å². The fourth-order valence-corrected chi connectivity index (χ4v) is 2.71. The molecule has 0 aliphatic carbocycles. The third-order valence-corrected chi connectivity index (χ3v) is 3.54. The Morgan fingerprint density at radius 1 is 1.42 bits per heavy atom. The highest BCUT2D eigenvalue weighted by Crippen LogP contribution is 2.29. The summed E-state index contributed by atoms with van der Waals surface area (Å²) in [5.74, 6) is 1.70. The zero-order valence-electron chi connectivity index (χ0n) is 10.6. The first-order valence-electron chi connectivity index (χ1n) is 5.74. The number of nitrogen functional groups attached to an aromatic ring is 1. The minimum absolute atomic E-state index is 0.269. The van der Waals surface area contributed by atoms with Crippen LogP contribution in [0.2, 0.25) is 0 Å². The standard InChI is InChI=1S/C11H13N7S/c1-6-3-7-9(15-11(12)16-10(7)19-6)13-4-8-14-5-18(2)17-8/h3,5H,4H2,1-2H3,(H3,12,13,15,16). The fraction of sp³-hybridized carbons (Fsp3) is 0.273. The van der Waals surface area contributed by atoms with Crippen molar-refractivity contribution in [2.24, 2.45) is 7.05 Å². The van der Waals surface area contributed by atoms with Crippen LogP contribution in [0.25, 0.3) is 10.2 Å². The summed E-state index contributed by atoms with van der Waals surface area (Å²) in [5, 5.41) is 8.39. The van der Waals surface area contributed by atoms with E-state index in [1.54, 1.807) is 22.3 Å². The lowest BCUT2D eigenvalue weighted by Crippen LogP contribution is -2.06. The smallest absolute Gasteiger partial charge is 0.223 e. The Hall–Kier alpha value is -2.22. The number of anilines is 2. The monoisotopic (exact) mass is 275 g/mol. The summed E-state index contributed by atoms with van der Waals surface area (Å²) in [6.45, 7) is 2.54. The number of nitrogens with zero attached hydrogens (tertiary/aromatic N) is 5. The van der Waals surface area contributed by atoms with Crippen LogP contribution < -0.4 is 11.1 Å². The third kappa shape index (κ3) is 2.34. The first-order valence-corrected chi connectivity index (χ1v) is 6.55. The van der Waals surface area contributed by atoms with Crippen LogP contribution in [0.4, 0.5) is 11.8 Å². The predicted molar refractivity (Wildman–Crippen MR) is 74.9 cm³/mol. The van der Waals surface area contributed by atoms with Gasteiger partial charge in [0.2, 0.25) is 5.95 Å². The van der Waals surface area contributed by atoms with E-state index in [9.17, 15) is 0 Å². The van der Waals surface area contributed by atoms with Crippen molar-refractivity contribution in [3.63, 3.8) is 0 Å². The molecule has 98 valence electrons. The van der Waals surface area contributed by atoms with Gasteiger partial charge in [0.05, 0.1) is 11.9 Å². The Morgan fingerprint density at radius 2 is 2.26 bits per heavy atom. The fourth-order valence-electron chi connectivity index (χ4n) is 1.82. The second-order valence-electron chi connectivity index (χ2n) is 4.19. The van der Waals surface area contributed by atoms with E-state index in [1.165, 1.54) is 4.88 Å². The molecule has 0 aliphatic heterocycles. The maximum Gasteiger partial charge on any atom is 0.223 e. The Bertz CT molecular complexity index is 730. The molecule has 0 spiro atoms. The molecule has 0 aromatic carbocycles. The molecular weight excluding hydrogens is 262 g/mol. The molecule has 3 rings (SSSR count). The zero-order valence-corrected chi connectivity index (χ0v) is 11.4. The second-order valence-corrected chi connectivity index (χ2v) is 5.43. The highest BCUT2D eigenvalue weighted by molar-refractivity contribution is 7.18. The quantitative estimate of drug-likeness (QED) is 0.748. The summed E-state index contributed by atoms with van der Waals surface area (Å²) in [6.07, 6.45) is 1.66. The van der Waals surface area contributed by atoms with Gasteiger partial charge in [0.1, 0.15) is 17.0 Å². The van der Waals surface area contributed by atoms with Gasteiger partial charge >= 0.3 is 0 Å². The van der Waals surface area contributed by atoms with E-state index >= 15 is 0 Å². The largest absolute Gasteiger partial charge is 0.368 e. The molecule has 0 bridgehead atoms. The number of fused-ring (bicyclic) bond motifs is 1. The lowest BCUT2D eigenvalue weighted by atomic mass is 10.3. The third-order valence-electron chi connectivity index (χ3n) is 2.59. The average Bonchev–Trinajstić information content (AvgIpc) is 2.91. The maximum atomic E-state index is 5.72. The van der Waals surface area contributed by atoms with Crippen molar-refractivity contribution in [2.45, 2.75) is 13.5 Å². The van der Waals surface area contributed by atoms with Crippen LogP contribution in [0.15, 0.2) is 12.4 Å². The van der Waals surface area contributed by atoms with Crippen molar-refractivity contribution >= 4 is 33.3 Å². The zero-order chi connectivity index (χ0) is 13.4. The van der Waals surface area contributed by atoms with Crippen molar-refractivity contribution < 1.29 is 0 Å². The van der Waals surface area contributed by atoms with Gasteiger partial charge in [-0.15, -0.1) is 11.3 Å². The first-order chi connectivity index (χ1) is 9.11. The van der Waals surface area contributed by atoms with Crippen LogP contribution in [-0.4, -0.2) is 24.7 Å². The molecule has 3 heterocycles. The predicted octanol–water partition coefficient (Wildman–Crippen LogP) is 1.32. The number of rotatable bonds is 3. The summed E-state index contributed by atoms with van der Waals surface area (Å²) in [7, 11) is 1.83. The summed E-state index contributed by atoms with van der Waals surface area (Å²) in [5.41, 5.74) is 5.72. The highest BCUT2D eigenvalue weighted by atomic mass is 32.1. The maximum absolute atomic E-state index is 5.72. The molecular formula is C11H13N7S. The molecule has 0 amide bonds. The highest BCUT2D eigenvalue weighted by Gasteiger charge is 2.09. The molecule has 0 aliphatic rings. The van der Waals surface area contributed by atoms with Gasteiger partial charge in [-0.2, -0.15) is 10.1 Å². The molecule has 0 saturated heterocycles. The number of thiophene rings is 1. The molecule has 0 unspecified atom stereocenters. The number of aryl methyl sites for hydroxylation is 2. The van der Waals surface area contributed by atoms with Crippen LogP contribution in [0.1, 0.15) is 10.7 Å². The molecule has 3 N–H and O–H groups in total. The van der Waals surface area contributed by atoms with Gasteiger partial charge in [-0.3, -0.25) is 4.68 Å². The van der Waals surface area contributed by atoms with Crippen LogP contribution in [0.5, 0.6) is 0 Å². The average molecular weight is 275 g/mol.